The summed E-state index contributed by atoms with van der Waals surface area (Å²) >= 11 is 0. The number of piperidine rings is 1. The highest BCUT2D eigenvalue weighted by atomic mass is 32.2. The molecule has 3 aliphatic rings. The molecule has 4 heterocycles. The van der Waals surface area contributed by atoms with E-state index in [1.54, 1.807) is 0 Å². The number of benzene rings is 4. The molecule has 1 aromatic heterocycles. The summed E-state index contributed by atoms with van der Waals surface area (Å²) in [6, 6.07) is 21.1. The van der Waals surface area contributed by atoms with Crippen LogP contribution in [0, 0.1) is 12.8 Å². The van der Waals surface area contributed by atoms with Crippen molar-refractivity contribution in [3.8, 4) is 23.1 Å². The van der Waals surface area contributed by atoms with Crippen molar-refractivity contribution in [2.75, 3.05) is 55.7 Å². The summed E-state index contributed by atoms with van der Waals surface area (Å²) in [5.74, 6) is 3.00. The molecule has 5 aromatic rings. The zero-order valence-corrected chi connectivity index (χ0v) is 37.5. The van der Waals surface area contributed by atoms with Crippen LogP contribution in [0.5, 0.6) is 23.1 Å². The van der Waals surface area contributed by atoms with Gasteiger partial charge in [0.2, 0.25) is 28.6 Å². The summed E-state index contributed by atoms with van der Waals surface area (Å²) < 4.78 is 141. The van der Waals surface area contributed by atoms with E-state index in [-0.39, 0.29) is 34.1 Å². The number of ether oxygens (including phenoxy) is 3. The number of fused-ring (bicyclic) bond motifs is 1. The van der Waals surface area contributed by atoms with Gasteiger partial charge in [0.05, 0.1) is 32.8 Å². The lowest BCUT2D eigenvalue weighted by atomic mass is 9.92. The van der Waals surface area contributed by atoms with Crippen LogP contribution in [0.3, 0.4) is 0 Å². The maximum Gasteiger partial charge on any atom is 0.416 e. The van der Waals surface area contributed by atoms with Gasteiger partial charge >= 0.3 is 12.4 Å². The minimum atomic E-state index is -4.57. The molecule has 4 aromatic carbocycles. The first-order valence-electron chi connectivity index (χ1n) is 20.9. The number of nitrogens with two attached hydrogens (primary N) is 1. The van der Waals surface area contributed by atoms with Crippen LogP contribution in [0.2, 0.25) is 0 Å². The second-order valence-corrected chi connectivity index (χ2v) is 19.4. The molecular weight excluding hydrogens is 931 g/mol. The van der Waals surface area contributed by atoms with Gasteiger partial charge in [0.1, 0.15) is 5.75 Å². The third-order valence-electron chi connectivity index (χ3n) is 11.4. The van der Waals surface area contributed by atoms with Crippen LogP contribution in [0.4, 0.5) is 37.7 Å². The van der Waals surface area contributed by atoms with Crippen LogP contribution in [-0.2, 0) is 43.7 Å². The first kappa shape index (κ1) is 48.8. The number of hydrogen-bond acceptors (Lipinski definition) is 11. The summed E-state index contributed by atoms with van der Waals surface area (Å²) in [5.41, 5.74) is 1.42. The number of pyridine rings is 1. The number of anilines is 2. The maximum atomic E-state index is 13.2. The number of primary sulfonamides is 1. The highest BCUT2D eigenvalue weighted by molar-refractivity contribution is 7.92. The second-order valence-electron chi connectivity index (χ2n) is 16.1. The summed E-state index contributed by atoms with van der Waals surface area (Å²) in [4.78, 5) is 23.5. The molecule has 1 amide bonds. The molecule has 0 atom stereocenters. The number of amides is 1. The number of carbonyl (C=O) groups excluding carboxylic acids is 1. The molecule has 8 rings (SSSR count). The Morgan fingerprint density at radius 3 is 1.94 bits per heavy atom. The molecular formula is C45H46F6N6O8S2. The molecule has 67 heavy (non-hydrogen) atoms. The van der Waals surface area contributed by atoms with Crippen molar-refractivity contribution in [2.24, 2.45) is 11.1 Å². The van der Waals surface area contributed by atoms with E-state index in [1.807, 2.05) is 36.1 Å². The van der Waals surface area contributed by atoms with Gasteiger partial charge in [-0.15, -0.1) is 0 Å². The first-order chi connectivity index (χ1) is 31.6. The number of piperazine rings is 1. The van der Waals surface area contributed by atoms with Crippen molar-refractivity contribution in [1.82, 2.24) is 14.8 Å². The molecule has 0 spiro atoms. The van der Waals surface area contributed by atoms with Crippen LogP contribution in [0.25, 0.3) is 0 Å². The van der Waals surface area contributed by atoms with Crippen molar-refractivity contribution >= 4 is 37.3 Å². The van der Waals surface area contributed by atoms with E-state index in [1.165, 1.54) is 23.9 Å². The lowest BCUT2D eigenvalue weighted by molar-refractivity contribution is -0.138. The number of aryl methyl sites for hydroxylation is 1. The highest BCUT2D eigenvalue weighted by Gasteiger charge is 2.32. The largest absolute Gasteiger partial charge is 0.454 e. The molecule has 2 saturated heterocycles. The number of halogens is 6. The monoisotopic (exact) mass is 976 g/mol. The fraction of sp³-hybridized carbons (Fsp3) is 0.333. The Morgan fingerprint density at radius 2 is 1.37 bits per heavy atom. The first-order valence-corrected chi connectivity index (χ1v) is 23.9. The average Bonchev–Trinajstić information content (AvgIpc) is 3.76. The summed E-state index contributed by atoms with van der Waals surface area (Å²) in [6.45, 7) is 7.88. The smallest absolute Gasteiger partial charge is 0.416 e. The fourth-order valence-electron chi connectivity index (χ4n) is 7.65. The SMILES string of the molecule is Cc1cc(N2CCC(CC(=O)N3CCN(Cc4ccc5c(c4)OCO5)CC3)CC2)ccc1Oc1ccc(NS(=O)(=O)c2ccc(C(F)(F)F)cc2)cn1.NS(=O)(=O)c1ccc(C(F)(F)F)cc1. The van der Waals surface area contributed by atoms with Gasteiger partial charge < -0.3 is 24.0 Å². The predicted octanol–water partition coefficient (Wildman–Crippen LogP) is 8.03. The lowest BCUT2D eigenvalue weighted by Crippen LogP contribution is -2.48. The van der Waals surface area contributed by atoms with Crippen LogP contribution < -0.4 is 29.0 Å². The fourth-order valence-corrected chi connectivity index (χ4v) is 9.21. The Balaban J connectivity index is 0.000000409. The normalized spacial score (nSPS) is 16.0. The zero-order chi connectivity index (χ0) is 48.1. The number of sulfonamides is 2. The quantitative estimate of drug-likeness (QED) is 0.123. The van der Waals surface area contributed by atoms with E-state index in [0.717, 1.165) is 118 Å². The minimum Gasteiger partial charge on any atom is -0.454 e. The standard InChI is InChI=1S/C38H40F3N5O6S.C7H6F3NO2S/c1-26-20-31(6-10-33(26)52-36-11-5-30(23-42-36)43-53(48,49)32-7-3-29(4-8-32)38(39,40)41)45-14-12-27(13-15-45)22-37(47)46-18-16-44(17-19-46)24-28-2-9-34-35(21-28)51-25-50-34;8-7(9,10)5-1-3-6(4-2-5)14(11,12)13/h2-11,20-21,23,27,43H,12-19,22,24-25H2,1H3;1-4H,(H2,11,12,13). The predicted molar refractivity (Wildman–Crippen MR) is 235 cm³/mol. The van der Waals surface area contributed by atoms with Gasteiger partial charge in [0.25, 0.3) is 10.0 Å². The van der Waals surface area contributed by atoms with E-state index in [9.17, 15) is 48.0 Å². The van der Waals surface area contributed by atoms with E-state index in [4.69, 9.17) is 19.3 Å². The van der Waals surface area contributed by atoms with E-state index < -0.39 is 43.5 Å². The minimum absolute atomic E-state index is 0.130. The van der Waals surface area contributed by atoms with Gasteiger partial charge in [-0.3, -0.25) is 14.4 Å². The van der Waals surface area contributed by atoms with Crippen LogP contribution in [0.1, 0.15) is 41.5 Å². The number of nitrogens with one attached hydrogen (secondary N) is 1. The van der Waals surface area contributed by atoms with Gasteiger partial charge in [0, 0.05) is 64.0 Å². The number of alkyl halides is 6. The molecule has 358 valence electrons. The topological polar surface area (TPSA) is 174 Å². The number of nitrogens with zero attached hydrogens (tertiary/aromatic N) is 4. The molecule has 3 aliphatic heterocycles. The lowest BCUT2D eigenvalue weighted by Gasteiger charge is -2.37. The highest BCUT2D eigenvalue weighted by Crippen LogP contribution is 2.35. The van der Waals surface area contributed by atoms with Crippen LogP contribution in [-0.4, -0.2) is 83.6 Å². The van der Waals surface area contributed by atoms with Gasteiger partial charge in [-0.05, 0) is 122 Å². The molecule has 2 fully saturated rings. The molecule has 3 N–H and O–H groups in total. The van der Waals surface area contributed by atoms with Crippen molar-refractivity contribution < 1.29 is 62.2 Å². The number of carbonyl (C=O) groups is 1. The molecule has 0 saturated carbocycles. The van der Waals surface area contributed by atoms with E-state index in [0.29, 0.717) is 30.2 Å². The van der Waals surface area contributed by atoms with Crippen LogP contribution >= 0.6 is 0 Å². The van der Waals surface area contributed by atoms with Gasteiger partial charge in [0.15, 0.2) is 11.5 Å². The Bertz CT molecular complexity index is 2750. The molecule has 0 unspecified atom stereocenters. The van der Waals surface area contributed by atoms with Gasteiger partial charge in [-0.25, -0.2) is 27.0 Å². The average molecular weight is 977 g/mol. The van der Waals surface area contributed by atoms with Crippen molar-refractivity contribution in [3.63, 3.8) is 0 Å². The molecule has 22 heteroatoms. The van der Waals surface area contributed by atoms with Crippen LogP contribution in [0.15, 0.2) is 113 Å². The van der Waals surface area contributed by atoms with Crippen molar-refractivity contribution in [3.05, 3.63) is 126 Å². The van der Waals surface area contributed by atoms with Gasteiger partial charge in [-0.2, -0.15) is 26.3 Å². The number of aromatic nitrogens is 1. The third-order valence-corrected chi connectivity index (χ3v) is 13.7. The Morgan fingerprint density at radius 1 is 0.761 bits per heavy atom. The third kappa shape index (κ3) is 12.9. The number of hydrogen-bond donors (Lipinski definition) is 2. The molecule has 14 nitrogen and oxygen atoms in total. The van der Waals surface area contributed by atoms with Gasteiger partial charge in [-0.1, -0.05) is 6.07 Å². The Labute approximate surface area is 383 Å². The second kappa shape index (κ2) is 20.0. The van der Waals surface area contributed by atoms with E-state index >= 15 is 0 Å². The number of rotatable bonds is 11. The van der Waals surface area contributed by atoms with E-state index in [2.05, 4.69) is 31.6 Å². The molecule has 0 radical (unpaired) electrons. The Hall–Kier alpha value is -6.10. The molecule has 0 aliphatic carbocycles. The molecule has 0 bridgehead atoms. The zero-order valence-electron chi connectivity index (χ0n) is 35.9. The Kier molecular flexibility index (Phi) is 14.6. The van der Waals surface area contributed by atoms with Crippen molar-refractivity contribution in [2.45, 2.75) is 54.9 Å². The summed E-state index contributed by atoms with van der Waals surface area (Å²) in [6.07, 6.45) is -5.32. The van der Waals surface area contributed by atoms with Crippen molar-refractivity contribution in [1.29, 1.82) is 0 Å². The summed E-state index contributed by atoms with van der Waals surface area (Å²) in [7, 11) is -8.06. The maximum absolute atomic E-state index is 13.2. The summed E-state index contributed by atoms with van der Waals surface area (Å²) in [5, 5.41) is 4.71.